The maximum Gasteiger partial charge on any atom is 0.229 e. The lowest BCUT2D eigenvalue weighted by Crippen LogP contribution is -2.40. The third-order valence-electron chi connectivity index (χ3n) is 5.23. The van der Waals surface area contributed by atoms with Gasteiger partial charge in [0.15, 0.2) is 0 Å². The van der Waals surface area contributed by atoms with Crippen molar-refractivity contribution in [3.63, 3.8) is 0 Å². The van der Waals surface area contributed by atoms with Crippen LogP contribution >= 0.6 is 0 Å². The van der Waals surface area contributed by atoms with Gasteiger partial charge in [-0.1, -0.05) is 18.2 Å². The molecule has 3 unspecified atom stereocenters. The summed E-state index contributed by atoms with van der Waals surface area (Å²) in [6.07, 6.45) is 1.79. The van der Waals surface area contributed by atoms with Crippen molar-refractivity contribution in [2.24, 2.45) is 11.8 Å². The second-order valence-electron chi connectivity index (χ2n) is 6.90. The van der Waals surface area contributed by atoms with Gasteiger partial charge in [0.25, 0.3) is 0 Å². The Morgan fingerprint density at radius 2 is 1.96 bits per heavy atom. The second-order valence-corrected chi connectivity index (χ2v) is 6.90. The number of benzene rings is 1. The van der Waals surface area contributed by atoms with E-state index in [1.165, 1.54) is 0 Å². The van der Waals surface area contributed by atoms with E-state index in [1.807, 2.05) is 36.2 Å². The molecule has 3 rings (SSSR count). The van der Waals surface area contributed by atoms with Crippen molar-refractivity contribution in [1.82, 2.24) is 15.8 Å². The van der Waals surface area contributed by atoms with Crippen molar-refractivity contribution < 1.29 is 9.53 Å². The van der Waals surface area contributed by atoms with Gasteiger partial charge in [0.1, 0.15) is 12.4 Å². The SMILES string of the molecule is CC1NNC(C)C1CCN(C)C(=O)C1COc2ccccc2C1. The molecule has 0 saturated carbocycles. The van der Waals surface area contributed by atoms with Crippen molar-refractivity contribution in [3.05, 3.63) is 29.8 Å². The fourth-order valence-electron chi connectivity index (χ4n) is 3.66. The van der Waals surface area contributed by atoms with Gasteiger partial charge >= 0.3 is 0 Å². The van der Waals surface area contributed by atoms with E-state index in [0.717, 1.165) is 30.7 Å². The highest BCUT2D eigenvalue weighted by atomic mass is 16.5. The molecule has 1 fully saturated rings. The molecular formula is C18H27N3O2. The lowest BCUT2D eigenvalue weighted by molar-refractivity contribution is -0.135. The maximum absolute atomic E-state index is 12.7. The van der Waals surface area contributed by atoms with Crippen LogP contribution in [0.15, 0.2) is 24.3 Å². The first-order valence-electron chi connectivity index (χ1n) is 8.53. The Bertz CT molecular complexity index is 553. The van der Waals surface area contributed by atoms with Gasteiger partial charge in [-0.15, -0.1) is 0 Å². The topological polar surface area (TPSA) is 53.6 Å². The van der Waals surface area contributed by atoms with E-state index in [9.17, 15) is 4.79 Å². The molecule has 5 nitrogen and oxygen atoms in total. The van der Waals surface area contributed by atoms with E-state index in [2.05, 4.69) is 24.7 Å². The molecule has 126 valence electrons. The molecule has 3 atom stereocenters. The van der Waals surface area contributed by atoms with Crippen LogP contribution in [-0.2, 0) is 11.2 Å². The number of carbonyl (C=O) groups excluding carboxylic acids is 1. The Labute approximate surface area is 138 Å². The third kappa shape index (κ3) is 3.51. The summed E-state index contributed by atoms with van der Waals surface area (Å²) >= 11 is 0. The molecule has 0 aromatic heterocycles. The van der Waals surface area contributed by atoms with Crippen molar-refractivity contribution >= 4 is 5.91 Å². The Morgan fingerprint density at radius 1 is 1.26 bits per heavy atom. The van der Waals surface area contributed by atoms with Crippen molar-refractivity contribution in [1.29, 1.82) is 0 Å². The van der Waals surface area contributed by atoms with Gasteiger partial charge in [-0.05, 0) is 44.2 Å². The molecule has 2 heterocycles. The molecule has 0 radical (unpaired) electrons. The zero-order valence-electron chi connectivity index (χ0n) is 14.2. The average Bonchev–Trinajstić information content (AvgIpc) is 2.89. The molecule has 1 aromatic rings. The van der Waals surface area contributed by atoms with Gasteiger partial charge in [-0.2, -0.15) is 0 Å². The number of carbonyl (C=O) groups is 1. The summed E-state index contributed by atoms with van der Waals surface area (Å²) in [5, 5.41) is 0. The van der Waals surface area contributed by atoms with Crippen LogP contribution in [0.4, 0.5) is 0 Å². The Balaban J connectivity index is 1.54. The molecule has 0 bridgehead atoms. The molecule has 1 saturated heterocycles. The molecule has 1 aromatic carbocycles. The molecule has 5 heteroatoms. The fourth-order valence-corrected chi connectivity index (χ4v) is 3.66. The molecule has 1 amide bonds. The number of amides is 1. The first-order chi connectivity index (χ1) is 11.1. The zero-order chi connectivity index (χ0) is 16.4. The number of hydrogen-bond acceptors (Lipinski definition) is 4. The van der Waals surface area contributed by atoms with Crippen LogP contribution in [0.5, 0.6) is 5.75 Å². The third-order valence-corrected chi connectivity index (χ3v) is 5.23. The van der Waals surface area contributed by atoms with Gasteiger partial charge in [0.05, 0.1) is 5.92 Å². The number of nitrogens with zero attached hydrogens (tertiary/aromatic N) is 1. The highest BCUT2D eigenvalue weighted by Gasteiger charge is 2.31. The van der Waals surface area contributed by atoms with E-state index < -0.39 is 0 Å². The minimum atomic E-state index is -0.0652. The smallest absolute Gasteiger partial charge is 0.229 e. The summed E-state index contributed by atoms with van der Waals surface area (Å²) in [4.78, 5) is 14.6. The predicted molar refractivity (Wildman–Crippen MR) is 90.1 cm³/mol. The number of nitrogens with one attached hydrogen (secondary N) is 2. The molecule has 2 aliphatic rings. The van der Waals surface area contributed by atoms with E-state index in [1.54, 1.807) is 0 Å². The first kappa shape index (κ1) is 16.3. The Hall–Kier alpha value is -1.59. The maximum atomic E-state index is 12.7. The summed E-state index contributed by atoms with van der Waals surface area (Å²) in [6.45, 7) is 5.66. The van der Waals surface area contributed by atoms with E-state index in [0.29, 0.717) is 24.6 Å². The van der Waals surface area contributed by atoms with Gasteiger partial charge in [0.2, 0.25) is 5.91 Å². The highest BCUT2D eigenvalue weighted by molar-refractivity contribution is 5.79. The van der Waals surface area contributed by atoms with Crippen molar-refractivity contribution in [2.75, 3.05) is 20.2 Å². The summed E-state index contributed by atoms with van der Waals surface area (Å²) in [6, 6.07) is 8.88. The predicted octanol–water partition coefficient (Wildman–Crippen LogP) is 1.59. The quantitative estimate of drug-likeness (QED) is 0.885. The lowest BCUT2D eigenvalue weighted by atomic mass is 9.92. The van der Waals surface area contributed by atoms with Gasteiger partial charge in [-0.25, -0.2) is 0 Å². The highest BCUT2D eigenvalue weighted by Crippen LogP contribution is 2.28. The number of ether oxygens (including phenoxy) is 1. The van der Waals surface area contributed by atoms with Gasteiger partial charge < -0.3 is 9.64 Å². The largest absolute Gasteiger partial charge is 0.492 e. The number of hydrazine groups is 1. The summed E-state index contributed by atoms with van der Waals surface area (Å²) in [5.74, 6) is 1.60. The van der Waals surface area contributed by atoms with Crippen LogP contribution in [0.3, 0.4) is 0 Å². The Kier molecular flexibility index (Phi) is 4.87. The average molecular weight is 317 g/mol. The normalized spacial score (nSPS) is 29.7. The number of fused-ring (bicyclic) bond motifs is 1. The van der Waals surface area contributed by atoms with Crippen LogP contribution in [0, 0.1) is 11.8 Å². The monoisotopic (exact) mass is 317 g/mol. The van der Waals surface area contributed by atoms with Gasteiger partial charge in [0, 0.05) is 25.7 Å². The van der Waals surface area contributed by atoms with Crippen LogP contribution in [-0.4, -0.2) is 43.1 Å². The van der Waals surface area contributed by atoms with Gasteiger partial charge in [-0.3, -0.25) is 15.6 Å². The second kappa shape index (κ2) is 6.89. The van der Waals surface area contributed by atoms with Crippen LogP contribution < -0.4 is 15.6 Å². The molecule has 2 N–H and O–H groups in total. The van der Waals surface area contributed by atoms with Crippen molar-refractivity contribution in [3.8, 4) is 5.75 Å². The van der Waals surface area contributed by atoms with Crippen LogP contribution in [0.2, 0.25) is 0 Å². The first-order valence-corrected chi connectivity index (χ1v) is 8.53. The number of hydrogen-bond donors (Lipinski definition) is 2. The lowest BCUT2D eigenvalue weighted by Gasteiger charge is -2.29. The van der Waals surface area contributed by atoms with E-state index in [4.69, 9.17) is 4.74 Å². The standard InChI is InChI=1S/C18H27N3O2/c1-12-16(13(2)20-19-12)8-9-21(3)18(22)15-10-14-6-4-5-7-17(14)23-11-15/h4-7,12-13,15-16,19-20H,8-11H2,1-3H3. The fraction of sp³-hybridized carbons (Fsp3) is 0.611. The van der Waals surface area contributed by atoms with Crippen LogP contribution in [0.25, 0.3) is 0 Å². The summed E-state index contributed by atoms with van der Waals surface area (Å²) in [7, 11) is 1.91. The molecular weight excluding hydrogens is 290 g/mol. The molecule has 0 aliphatic carbocycles. The van der Waals surface area contributed by atoms with E-state index >= 15 is 0 Å². The van der Waals surface area contributed by atoms with Crippen LogP contribution in [0.1, 0.15) is 25.8 Å². The molecule has 0 spiro atoms. The number of rotatable bonds is 4. The summed E-state index contributed by atoms with van der Waals surface area (Å²) in [5.41, 5.74) is 7.68. The Morgan fingerprint density at radius 3 is 2.70 bits per heavy atom. The van der Waals surface area contributed by atoms with Crippen molar-refractivity contribution in [2.45, 2.75) is 38.8 Å². The summed E-state index contributed by atoms with van der Waals surface area (Å²) < 4.78 is 5.75. The molecule has 23 heavy (non-hydrogen) atoms. The zero-order valence-corrected chi connectivity index (χ0v) is 14.2. The number of para-hydroxylation sites is 1. The van der Waals surface area contributed by atoms with E-state index in [-0.39, 0.29) is 11.8 Å². The minimum absolute atomic E-state index is 0.0652. The minimum Gasteiger partial charge on any atom is -0.492 e. The molecule has 2 aliphatic heterocycles.